The van der Waals surface area contributed by atoms with Crippen molar-refractivity contribution in [2.75, 3.05) is 0 Å². The lowest BCUT2D eigenvalue weighted by Gasteiger charge is -2.16. The lowest BCUT2D eigenvalue weighted by Crippen LogP contribution is -2.19. The van der Waals surface area contributed by atoms with Gasteiger partial charge in [-0.25, -0.2) is 0 Å². The summed E-state index contributed by atoms with van der Waals surface area (Å²) in [5, 5.41) is 3.90. The third kappa shape index (κ3) is 3.35. The molecule has 90 valence electrons. The van der Waals surface area contributed by atoms with E-state index in [0.29, 0.717) is 17.8 Å². The van der Waals surface area contributed by atoms with Crippen molar-refractivity contribution in [1.82, 2.24) is 5.32 Å². The first kappa shape index (κ1) is 12.2. The van der Waals surface area contributed by atoms with Crippen LogP contribution in [0.5, 0.6) is 0 Å². The van der Waals surface area contributed by atoms with Crippen LogP contribution in [-0.4, -0.2) is 0 Å². The van der Waals surface area contributed by atoms with E-state index in [9.17, 15) is 0 Å². The van der Waals surface area contributed by atoms with Crippen LogP contribution in [0.4, 0.5) is 0 Å². The Balaban J connectivity index is 1.97. The lowest BCUT2D eigenvalue weighted by atomic mass is 10.0. The predicted octanol–water partition coefficient (Wildman–Crippen LogP) is 4.17. The van der Waals surface area contributed by atoms with E-state index in [1.54, 1.807) is 6.07 Å². The molecule has 1 unspecified atom stereocenters. The predicted molar refractivity (Wildman–Crippen MR) is 70.0 cm³/mol. The van der Waals surface area contributed by atoms with E-state index < -0.39 is 0 Å². The van der Waals surface area contributed by atoms with Gasteiger partial charge in [0.15, 0.2) is 5.22 Å². The number of halogens is 1. The van der Waals surface area contributed by atoms with Crippen LogP contribution >= 0.6 is 11.6 Å². The van der Waals surface area contributed by atoms with Crippen LogP contribution in [0.3, 0.4) is 0 Å². The van der Waals surface area contributed by atoms with E-state index in [1.165, 1.54) is 5.56 Å². The molecule has 0 aliphatic heterocycles. The van der Waals surface area contributed by atoms with Crippen molar-refractivity contribution in [3.05, 3.63) is 59.0 Å². The van der Waals surface area contributed by atoms with Gasteiger partial charge in [0, 0.05) is 6.04 Å². The summed E-state index contributed by atoms with van der Waals surface area (Å²) in [6.07, 6.45) is 1.04. The molecule has 0 bridgehead atoms. The molecular weight excluding hydrogens is 234 g/mol. The molecule has 0 spiro atoms. The highest BCUT2D eigenvalue weighted by Gasteiger charge is 2.09. The zero-order chi connectivity index (χ0) is 12.1. The molecule has 0 aliphatic rings. The Kier molecular flexibility index (Phi) is 4.24. The summed E-state index contributed by atoms with van der Waals surface area (Å²) >= 11 is 5.73. The van der Waals surface area contributed by atoms with Gasteiger partial charge < -0.3 is 9.73 Å². The van der Waals surface area contributed by atoms with E-state index in [-0.39, 0.29) is 0 Å². The molecule has 2 nitrogen and oxygen atoms in total. The Labute approximate surface area is 107 Å². The summed E-state index contributed by atoms with van der Waals surface area (Å²) in [6.45, 7) is 2.86. The van der Waals surface area contributed by atoms with Crippen LogP contribution in [0.1, 0.15) is 30.7 Å². The Morgan fingerprint density at radius 3 is 2.53 bits per heavy atom. The Hall–Kier alpha value is -1.25. The smallest absolute Gasteiger partial charge is 0.193 e. The molecule has 0 radical (unpaired) electrons. The molecule has 1 N–H and O–H groups in total. The Morgan fingerprint density at radius 2 is 1.94 bits per heavy atom. The van der Waals surface area contributed by atoms with E-state index >= 15 is 0 Å². The summed E-state index contributed by atoms with van der Waals surface area (Å²) in [6, 6.07) is 14.4. The second-order valence-corrected chi connectivity index (χ2v) is 4.33. The molecule has 1 aromatic carbocycles. The van der Waals surface area contributed by atoms with Crippen LogP contribution in [-0.2, 0) is 6.54 Å². The molecular formula is C14H16ClNO. The minimum Gasteiger partial charge on any atom is -0.448 e. The second-order valence-electron chi connectivity index (χ2n) is 3.96. The summed E-state index contributed by atoms with van der Waals surface area (Å²) in [5.41, 5.74) is 1.30. The maximum absolute atomic E-state index is 5.73. The first-order chi connectivity index (χ1) is 8.29. The molecule has 2 rings (SSSR count). The molecule has 0 saturated carbocycles. The van der Waals surface area contributed by atoms with E-state index in [4.69, 9.17) is 16.0 Å². The summed E-state index contributed by atoms with van der Waals surface area (Å²) in [7, 11) is 0. The Bertz CT molecular complexity index is 452. The molecule has 0 fully saturated rings. The third-order valence-corrected chi connectivity index (χ3v) is 2.96. The van der Waals surface area contributed by atoms with Gasteiger partial charge in [-0.1, -0.05) is 37.3 Å². The molecule has 17 heavy (non-hydrogen) atoms. The van der Waals surface area contributed by atoms with E-state index in [0.717, 1.165) is 12.2 Å². The molecule has 1 atom stereocenters. The maximum atomic E-state index is 5.73. The topological polar surface area (TPSA) is 25.2 Å². The average Bonchev–Trinajstić information content (AvgIpc) is 2.77. The van der Waals surface area contributed by atoms with Crippen LogP contribution in [0.2, 0.25) is 5.22 Å². The fourth-order valence-corrected chi connectivity index (χ4v) is 2.02. The summed E-state index contributed by atoms with van der Waals surface area (Å²) in [5.74, 6) is 0.865. The average molecular weight is 250 g/mol. The van der Waals surface area contributed by atoms with Gasteiger partial charge in [-0.15, -0.1) is 0 Å². The van der Waals surface area contributed by atoms with Gasteiger partial charge in [-0.05, 0) is 35.7 Å². The number of benzene rings is 1. The van der Waals surface area contributed by atoms with Crippen molar-refractivity contribution < 1.29 is 4.42 Å². The fraction of sp³-hybridized carbons (Fsp3) is 0.286. The minimum atomic E-state index is 0.347. The van der Waals surface area contributed by atoms with Crippen LogP contribution < -0.4 is 5.32 Å². The molecule has 3 heteroatoms. The summed E-state index contributed by atoms with van der Waals surface area (Å²) < 4.78 is 5.32. The van der Waals surface area contributed by atoms with Gasteiger partial charge in [0.2, 0.25) is 0 Å². The normalized spacial score (nSPS) is 12.6. The molecule has 1 heterocycles. The molecule has 0 saturated heterocycles. The zero-order valence-electron chi connectivity index (χ0n) is 9.82. The number of hydrogen-bond acceptors (Lipinski definition) is 2. The highest BCUT2D eigenvalue weighted by Crippen LogP contribution is 2.18. The van der Waals surface area contributed by atoms with Gasteiger partial charge in [-0.3, -0.25) is 0 Å². The largest absolute Gasteiger partial charge is 0.448 e. The lowest BCUT2D eigenvalue weighted by molar-refractivity contribution is 0.444. The number of furan rings is 1. The van der Waals surface area contributed by atoms with Gasteiger partial charge >= 0.3 is 0 Å². The zero-order valence-corrected chi connectivity index (χ0v) is 10.6. The van der Waals surface area contributed by atoms with Gasteiger partial charge in [0.05, 0.1) is 6.54 Å². The van der Waals surface area contributed by atoms with Crippen molar-refractivity contribution >= 4 is 11.6 Å². The van der Waals surface area contributed by atoms with Crippen LogP contribution in [0.15, 0.2) is 46.9 Å². The third-order valence-electron chi connectivity index (χ3n) is 2.76. The number of nitrogens with one attached hydrogen (secondary N) is 1. The monoisotopic (exact) mass is 249 g/mol. The van der Waals surface area contributed by atoms with Crippen LogP contribution in [0.25, 0.3) is 0 Å². The molecule has 1 aromatic heterocycles. The first-order valence-corrected chi connectivity index (χ1v) is 6.20. The van der Waals surface area contributed by atoms with Gasteiger partial charge in [0.1, 0.15) is 5.76 Å². The first-order valence-electron chi connectivity index (χ1n) is 5.82. The Morgan fingerprint density at radius 1 is 1.18 bits per heavy atom. The van der Waals surface area contributed by atoms with Crippen LogP contribution in [0, 0.1) is 0 Å². The second kappa shape index (κ2) is 5.89. The van der Waals surface area contributed by atoms with Crippen molar-refractivity contribution in [3.63, 3.8) is 0 Å². The summed E-state index contributed by atoms with van der Waals surface area (Å²) in [4.78, 5) is 0. The van der Waals surface area contributed by atoms with E-state index in [2.05, 4.69) is 36.5 Å². The standard InChI is InChI=1S/C14H16ClNO/c1-2-13(11-6-4-3-5-7-11)16-10-12-8-9-14(15)17-12/h3-9,13,16H,2,10H2,1H3. The highest BCUT2D eigenvalue weighted by atomic mass is 35.5. The van der Waals surface area contributed by atoms with E-state index in [1.807, 2.05) is 12.1 Å². The number of rotatable bonds is 5. The van der Waals surface area contributed by atoms with Gasteiger partial charge in [0.25, 0.3) is 0 Å². The highest BCUT2D eigenvalue weighted by molar-refractivity contribution is 6.28. The van der Waals surface area contributed by atoms with Crippen molar-refractivity contribution in [1.29, 1.82) is 0 Å². The van der Waals surface area contributed by atoms with Crippen molar-refractivity contribution in [2.45, 2.75) is 25.9 Å². The fourth-order valence-electron chi connectivity index (χ4n) is 1.85. The molecule has 0 aliphatic carbocycles. The maximum Gasteiger partial charge on any atom is 0.193 e. The molecule has 2 aromatic rings. The quantitative estimate of drug-likeness (QED) is 0.860. The van der Waals surface area contributed by atoms with Crippen molar-refractivity contribution in [2.24, 2.45) is 0 Å². The molecule has 0 amide bonds. The minimum absolute atomic E-state index is 0.347. The number of hydrogen-bond donors (Lipinski definition) is 1. The van der Waals surface area contributed by atoms with Crippen molar-refractivity contribution in [3.8, 4) is 0 Å². The van der Waals surface area contributed by atoms with Gasteiger partial charge in [-0.2, -0.15) is 0 Å². The SMILES string of the molecule is CCC(NCc1ccc(Cl)o1)c1ccccc1.